The van der Waals surface area contributed by atoms with Crippen LogP contribution in [0.5, 0.6) is 0 Å². The van der Waals surface area contributed by atoms with E-state index in [4.69, 9.17) is 0 Å². The molecule has 0 aliphatic heterocycles. The highest BCUT2D eigenvalue weighted by atomic mass is 32.2. The Balaban J connectivity index is 1.97. The first-order valence-corrected chi connectivity index (χ1v) is 13.0. The summed E-state index contributed by atoms with van der Waals surface area (Å²) in [6, 6.07) is 12.5. The van der Waals surface area contributed by atoms with Gasteiger partial charge in [-0.3, -0.25) is 0 Å². The van der Waals surface area contributed by atoms with Crippen LogP contribution in [0.4, 0.5) is 0 Å². The highest BCUT2D eigenvalue weighted by Crippen LogP contribution is 2.37. The third-order valence-electron chi connectivity index (χ3n) is 4.30. The van der Waals surface area contributed by atoms with Crippen LogP contribution in [-0.2, 0) is 22.9 Å². The quantitative estimate of drug-likeness (QED) is 0.459. The first kappa shape index (κ1) is 22.2. The lowest BCUT2D eigenvalue weighted by Gasteiger charge is -2.20. The van der Waals surface area contributed by atoms with E-state index in [1.54, 1.807) is 11.3 Å². The molecule has 0 fully saturated rings. The van der Waals surface area contributed by atoms with E-state index in [-0.39, 0.29) is 0 Å². The second-order valence-electron chi connectivity index (χ2n) is 8.87. The second kappa shape index (κ2) is 8.72. The van der Waals surface area contributed by atoms with Gasteiger partial charge in [-0.1, -0.05) is 38.1 Å². The molecule has 0 saturated carbocycles. The predicted octanol–water partition coefficient (Wildman–Crippen LogP) is 6.34. The van der Waals surface area contributed by atoms with Crippen LogP contribution in [0.3, 0.4) is 0 Å². The van der Waals surface area contributed by atoms with E-state index in [0.29, 0.717) is 10.1 Å². The normalized spacial score (nSPS) is 12.6. The summed E-state index contributed by atoms with van der Waals surface area (Å²) in [6.07, 6.45) is 1.77. The summed E-state index contributed by atoms with van der Waals surface area (Å²) < 4.78 is 29.5. The molecule has 0 spiro atoms. The number of rotatable bonds is 7. The molecule has 0 unspecified atom stereocenters. The molecule has 0 aliphatic rings. The third kappa shape index (κ3) is 6.01. The van der Waals surface area contributed by atoms with Gasteiger partial charge >= 0.3 is 0 Å². The zero-order chi connectivity index (χ0) is 21.2. The van der Waals surface area contributed by atoms with E-state index in [1.165, 1.54) is 22.5 Å². The fraction of sp³-hybridized carbons (Fsp3) is 0.391. The van der Waals surface area contributed by atoms with E-state index in [9.17, 15) is 8.42 Å². The maximum atomic E-state index is 13.1. The molecule has 0 amide bonds. The zero-order valence-corrected chi connectivity index (χ0v) is 20.1. The minimum atomic E-state index is -3.59. The highest BCUT2D eigenvalue weighted by molar-refractivity contribution is 7.91. The summed E-state index contributed by atoms with van der Waals surface area (Å²) in [5, 5.41) is 4.25. The van der Waals surface area contributed by atoms with Crippen LogP contribution in [-0.4, -0.2) is 14.0 Å². The molecular formula is C23H29NO2S3. The summed E-state index contributed by atoms with van der Waals surface area (Å²) in [4.78, 5) is 1.10. The maximum absolute atomic E-state index is 13.1. The Morgan fingerprint density at radius 1 is 1.03 bits per heavy atom. The van der Waals surface area contributed by atoms with Crippen molar-refractivity contribution in [2.45, 2.75) is 57.2 Å². The van der Waals surface area contributed by atoms with Gasteiger partial charge in [0.25, 0.3) is 10.0 Å². The Bertz CT molecular complexity index is 1040. The zero-order valence-electron chi connectivity index (χ0n) is 17.7. The largest absolute Gasteiger partial charge is 0.251 e. The molecule has 156 valence electrons. The van der Waals surface area contributed by atoms with E-state index < -0.39 is 15.6 Å². The van der Waals surface area contributed by atoms with Crippen molar-refractivity contribution in [1.29, 1.82) is 0 Å². The average molecular weight is 448 g/mol. The Hall–Kier alpha value is -1.47. The summed E-state index contributed by atoms with van der Waals surface area (Å²) in [7, 11) is -3.59. The fourth-order valence-electron chi connectivity index (χ4n) is 3.21. The van der Waals surface area contributed by atoms with Crippen molar-refractivity contribution in [3.63, 3.8) is 0 Å². The van der Waals surface area contributed by atoms with Gasteiger partial charge in [-0.05, 0) is 79.1 Å². The van der Waals surface area contributed by atoms with Gasteiger partial charge in [0.2, 0.25) is 0 Å². The van der Waals surface area contributed by atoms with Crippen molar-refractivity contribution in [2.75, 3.05) is 0 Å². The maximum Gasteiger partial charge on any atom is 0.251 e. The van der Waals surface area contributed by atoms with Crippen LogP contribution in [0, 0.1) is 5.92 Å². The van der Waals surface area contributed by atoms with Crippen LogP contribution >= 0.6 is 22.7 Å². The molecule has 2 aromatic heterocycles. The molecule has 3 nitrogen and oxygen atoms in total. The van der Waals surface area contributed by atoms with Gasteiger partial charge in [-0.25, -0.2) is 13.1 Å². The Kier molecular flexibility index (Phi) is 6.68. The van der Waals surface area contributed by atoms with Crippen molar-refractivity contribution < 1.29 is 8.42 Å². The molecule has 2 heterocycles. The summed E-state index contributed by atoms with van der Waals surface area (Å²) in [6.45, 7) is 9.91. The van der Waals surface area contributed by atoms with Gasteiger partial charge in [-0.2, -0.15) is 11.3 Å². The topological polar surface area (TPSA) is 46.2 Å². The fourth-order valence-corrected chi connectivity index (χ4v) is 7.24. The summed E-state index contributed by atoms with van der Waals surface area (Å²) in [5.41, 5.74) is 3.74. The molecule has 1 aromatic carbocycles. The Labute approximate surface area is 182 Å². The van der Waals surface area contributed by atoms with Gasteiger partial charge in [0.15, 0.2) is 0 Å². The number of hydrogen-bond acceptors (Lipinski definition) is 4. The molecule has 0 radical (unpaired) electrons. The van der Waals surface area contributed by atoms with Crippen molar-refractivity contribution >= 4 is 32.7 Å². The van der Waals surface area contributed by atoms with Crippen LogP contribution in [0.1, 0.15) is 50.6 Å². The molecule has 0 aliphatic carbocycles. The lowest BCUT2D eigenvalue weighted by Crippen LogP contribution is -2.40. The monoisotopic (exact) mass is 447 g/mol. The molecule has 0 atom stereocenters. The molecule has 29 heavy (non-hydrogen) atoms. The first-order chi connectivity index (χ1) is 13.5. The van der Waals surface area contributed by atoms with E-state index in [2.05, 4.69) is 53.6 Å². The summed E-state index contributed by atoms with van der Waals surface area (Å²) >= 11 is 3.09. The van der Waals surface area contributed by atoms with Gasteiger partial charge in [0.1, 0.15) is 4.21 Å². The number of hydrogen-bond donors (Lipinski definition) is 1. The Morgan fingerprint density at radius 2 is 1.72 bits per heavy atom. The molecule has 0 saturated heterocycles. The standard InChI is InChI=1S/C23H29NO2S3/c1-16(2)12-20-14-21(22(28-20)29(25,26)24-23(3,4)5)19-8-6-17(7-9-19)13-18-10-11-27-15-18/h6-11,14-16,24H,12-13H2,1-5H3. The van der Waals surface area contributed by atoms with Gasteiger partial charge in [0.05, 0.1) is 0 Å². The van der Waals surface area contributed by atoms with Crippen molar-refractivity contribution in [3.8, 4) is 11.1 Å². The molecule has 6 heteroatoms. The minimum Gasteiger partial charge on any atom is -0.206 e. The smallest absolute Gasteiger partial charge is 0.206 e. The predicted molar refractivity (Wildman–Crippen MR) is 125 cm³/mol. The molecule has 3 aromatic rings. The Morgan fingerprint density at radius 3 is 2.28 bits per heavy atom. The molecular weight excluding hydrogens is 418 g/mol. The minimum absolute atomic E-state index is 0.411. The average Bonchev–Trinajstić information content (AvgIpc) is 3.23. The summed E-state index contributed by atoms with van der Waals surface area (Å²) in [5.74, 6) is 0.473. The second-order valence-corrected chi connectivity index (χ2v) is 12.7. The molecule has 3 rings (SSSR count). The SMILES string of the molecule is CC(C)Cc1cc(-c2ccc(Cc3ccsc3)cc2)c(S(=O)(=O)NC(C)(C)C)s1. The lowest BCUT2D eigenvalue weighted by atomic mass is 10.0. The number of sulfonamides is 1. The van der Waals surface area contributed by atoms with Crippen LogP contribution in [0.25, 0.3) is 11.1 Å². The highest BCUT2D eigenvalue weighted by Gasteiger charge is 2.27. The molecule has 0 bridgehead atoms. The van der Waals surface area contributed by atoms with Crippen LogP contribution < -0.4 is 4.72 Å². The van der Waals surface area contributed by atoms with Crippen LogP contribution in [0.2, 0.25) is 0 Å². The number of benzene rings is 1. The third-order valence-corrected chi connectivity index (χ3v) is 8.48. The van der Waals surface area contributed by atoms with Crippen molar-refractivity contribution in [2.24, 2.45) is 5.92 Å². The van der Waals surface area contributed by atoms with E-state index in [1.807, 2.05) is 32.9 Å². The van der Waals surface area contributed by atoms with Crippen molar-refractivity contribution in [1.82, 2.24) is 4.72 Å². The van der Waals surface area contributed by atoms with Crippen molar-refractivity contribution in [3.05, 3.63) is 63.2 Å². The lowest BCUT2D eigenvalue weighted by molar-refractivity contribution is 0.493. The van der Waals surface area contributed by atoms with Gasteiger partial charge in [0, 0.05) is 16.0 Å². The first-order valence-electron chi connectivity index (χ1n) is 9.80. The van der Waals surface area contributed by atoms with E-state index in [0.717, 1.165) is 28.8 Å². The molecule has 1 N–H and O–H groups in total. The van der Waals surface area contributed by atoms with Gasteiger partial charge in [-0.15, -0.1) is 11.3 Å². The van der Waals surface area contributed by atoms with Crippen LogP contribution in [0.15, 0.2) is 51.4 Å². The number of nitrogens with one attached hydrogen (secondary N) is 1. The number of thiophene rings is 2. The van der Waals surface area contributed by atoms with E-state index >= 15 is 0 Å². The van der Waals surface area contributed by atoms with Gasteiger partial charge < -0.3 is 0 Å².